The molecule has 0 aliphatic carbocycles. The zero-order valence-corrected chi connectivity index (χ0v) is 11.5. The first-order valence-corrected chi connectivity index (χ1v) is 6.39. The highest BCUT2D eigenvalue weighted by Gasteiger charge is 2.24. The van der Waals surface area contributed by atoms with Crippen LogP contribution in [0.5, 0.6) is 0 Å². The lowest BCUT2D eigenvalue weighted by Gasteiger charge is -2.26. The minimum atomic E-state index is 0.0913. The van der Waals surface area contributed by atoms with Crippen LogP contribution in [0.1, 0.15) is 44.7 Å². The van der Waals surface area contributed by atoms with E-state index in [4.69, 9.17) is 4.42 Å². The number of rotatable bonds is 3. The summed E-state index contributed by atoms with van der Waals surface area (Å²) in [4.78, 5) is 12.2. The molecule has 2 aromatic rings. The Morgan fingerprint density at radius 3 is 2.56 bits per heavy atom. The van der Waals surface area contributed by atoms with Crippen LogP contribution < -0.4 is 0 Å². The molecule has 0 saturated heterocycles. The summed E-state index contributed by atoms with van der Waals surface area (Å²) in [5.74, 6) is 0.902. The summed E-state index contributed by atoms with van der Waals surface area (Å²) in [5.41, 5.74) is 0.922. The number of ketones is 1. The maximum absolute atomic E-state index is 12.2. The van der Waals surface area contributed by atoms with Crippen molar-refractivity contribution < 1.29 is 9.21 Å². The predicted octanol–water partition coefficient (Wildman–Crippen LogP) is 4.69. The summed E-state index contributed by atoms with van der Waals surface area (Å²) in [6.07, 6.45) is 0.531. The number of carbonyl (C=O) groups excluding carboxylic acids is 1. The molecule has 0 amide bonds. The molecule has 2 nitrogen and oxygen atoms in total. The van der Waals surface area contributed by atoms with Crippen LogP contribution in [0.2, 0.25) is 0 Å². The van der Waals surface area contributed by atoms with Gasteiger partial charge in [-0.1, -0.05) is 45.9 Å². The third-order valence-corrected chi connectivity index (χ3v) is 3.67. The minimum absolute atomic E-state index is 0.0913. The molecule has 0 spiro atoms. The lowest BCUT2D eigenvalue weighted by atomic mass is 9.79. The molecule has 1 heterocycles. The van der Waals surface area contributed by atoms with Crippen molar-refractivity contribution in [2.24, 2.45) is 11.3 Å². The Labute approximate surface area is 108 Å². The summed E-state index contributed by atoms with van der Waals surface area (Å²) < 4.78 is 5.59. The van der Waals surface area contributed by atoms with E-state index in [0.29, 0.717) is 18.1 Å². The second-order valence-corrected chi connectivity index (χ2v) is 6.04. The second kappa shape index (κ2) is 4.60. The molecule has 96 valence electrons. The molecule has 0 fully saturated rings. The lowest BCUT2D eigenvalue weighted by molar-refractivity contribution is 0.0902. The highest BCUT2D eigenvalue weighted by atomic mass is 16.3. The van der Waals surface area contributed by atoms with Crippen LogP contribution in [0.3, 0.4) is 0 Å². The molecule has 0 saturated carbocycles. The van der Waals surface area contributed by atoms with Gasteiger partial charge in [0.2, 0.25) is 0 Å². The molecule has 0 N–H and O–H groups in total. The Kier molecular flexibility index (Phi) is 3.29. The van der Waals surface area contributed by atoms with Crippen molar-refractivity contribution in [3.8, 4) is 0 Å². The molecule has 0 bridgehead atoms. The zero-order chi connectivity index (χ0) is 13.3. The number of carbonyl (C=O) groups is 1. The Balaban J connectivity index is 2.19. The molecular formula is C16H20O2. The quantitative estimate of drug-likeness (QED) is 0.733. The monoisotopic (exact) mass is 244 g/mol. The van der Waals surface area contributed by atoms with Crippen molar-refractivity contribution >= 4 is 16.8 Å². The van der Waals surface area contributed by atoms with E-state index in [-0.39, 0.29) is 11.2 Å². The SMILES string of the molecule is CC(CC(=O)c1cc2ccccc2o1)C(C)(C)C. The molecule has 1 atom stereocenters. The number of para-hydroxylation sites is 1. The highest BCUT2D eigenvalue weighted by Crippen LogP contribution is 2.30. The minimum Gasteiger partial charge on any atom is -0.453 e. The number of benzene rings is 1. The van der Waals surface area contributed by atoms with E-state index in [1.165, 1.54) is 0 Å². The van der Waals surface area contributed by atoms with Gasteiger partial charge in [-0.2, -0.15) is 0 Å². The zero-order valence-electron chi connectivity index (χ0n) is 11.5. The summed E-state index contributed by atoms with van der Waals surface area (Å²) >= 11 is 0. The topological polar surface area (TPSA) is 30.2 Å². The van der Waals surface area contributed by atoms with Crippen molar-refractivity contribution in [1.82, 2.24) is 0 Å². The van der Waals surface area contributed by atoms with E-state index < -0.39 is 0 Å². The summed E-state index contributed by atoms with van der Waals surface area (Å²) in [5, 5.41) is 0.990. The van der Waals surface area contributed by atoms with Crippen molar-refractivity contribution in [1.29, 1.82) is 0 Å². The van der Waals surface area contributed by atoms with Gasteiger partial charge in [-0.25, -0.2) is 0 Å². The highest BCUT2D eigenvalue weighted by molar-refractivity contribution is 5.97. The number of hydrogen-bond donors (Lipinski definition) is 0. The van der Waals surface area contributed by atoms with E-state index in [0.717, 1.165) is 11.0 Å². The maximum Gasteiger partial charge on any atom is 0.198 e. The standard InChI is InChI=1S/C16H20O2/c1-11(16(2,3)4)9-13(17)15-10-12-7-5-6-8-14(12)18-15/h5-8,10-11H,9H2,1-4H3. The van der Waals surface area contributed by atoms with Gasteiger partial charge in [0.25, 0.3) is 0 Å². The van der Waals surface area contributed by atoms with E-state index >= 15 is 0 Å². The fraction of sp³-hybridized carbons (Fsp3) is 0.438. The molecule has 18 heavy (non-hydrogen) atoms. The molecule has 2 rings (SSSR count). The molecule has 2 heteroatoms. The largest absolute Gasteiger partial charge is 0.453 e. The molecule has 0 aliphatic rings. The Morgan fingerprint density at radius 1 is 1.28 bits per heavy atom. The van der Waals surface area contributed by atoms with Crippen LogP contribution in [0, 0.1) is 11.3 Å². The third-order valence-electron chi connectivity index (χ3n) is 3.67. The fourth-order valence-corrected chi connectivity index (χ4v) is 1.80. The van der Waals surface area contributed by atoms with Crippen LogP contribution >= 0.6 is 0 Å². The fourth-order valence-electron chi connectivity index (χ4n) is 1.80. The van der Waals surface area contributed by atoms with Crippen LogP contribution in [-0.4, -0.2) is 5.78 Å². The first kappa shape index (κ1) is 12.9. The molecule has 0 radical (unpaired) electrons. The molecular weight excluding hydrogens is 224 g/mol. The maximum atomic E-state index is 12.2. The van der Waals surface area contributed by atoms with Gasteiger partial charge < -0.3 is 4.42 Å². The second-order valence-electron chi connectivity index (χ2n) is 6.04. The van der Waals surface area contributed by atoms with Gasteiger partial charge in [-0.15, -0.1) is 0 Å². The molecule has 0 aliphatic heterocycles. The summed E-state index contributed by atoms with van der Waals surface area (Å²) in [6, 6.07) is 9.55. The first-order chi connectivity index (χ1) is 8.38. The van der Waals surface area contributed by atoms with E-state index in [9.17, 15) is 4.79 Å². The molecule has 1 unspecified atom stereocenters. The van der Waals surface area contributed by atoms with Gasteiger partial charge in [-0.05, 0) is 23.5 Å². The smallest absolute Gasteiger partial charge is 0.198 e. The van der Waals surface area contributed by atoms with Crippen LogP contribution in [0.4, 0.5) is 0 Å². The van der Waals surface area contributed by atoms with Gasteiger partial charge in [0.15, 0.2) is 11.5 Å². The van der Waals surface area contributed by atoms with Gasteiger partial charge in [-0.3, -0.25) is 4.79 Å². The molecule has 1 aromatic heterocycles. The predicted molar refractivity (Wildman–Crippen MR) is 73.8 cm³/mol. The van der Waals surface area contributed by atoms with Crippen molar-refractivity contribution in [2.75, 3.05) is 0 Å². The Morgan fingerprint density at radius 2 is 1.94 bits per heavy atom. The lowest BCUT2D eigenvalue weighted by Crippen LogP contribution is -2.20. The van der Waals surface area contributed by atoms with Crippen molar-refractivity contribution in [3.05, 3.63) is 36.1 Å². The normalized spacial score (nSPS) is 13.8. The Bertz CT molecular complexity index is 525. The van der Waals surface area contributed by atoms with Gasteiger partial charge in [0.1, 0.15) is 5.58 Å². The number of fused-ring (bicyclic) bond motifs is 1. The van der Waals surface area contributed by atoms with Crippen molar-refractivity contribution in [3.63, 3.8) is 0 Å². The van der Waals surface area contributed by atoms with Crippen molar-refractivity contribution in [2.45, 2.75) is 34.1 Å². The number of Topliss-reactive ketones (excluding diaryl/α,β-unsaturated/α-hetero) is 1. The summed E-state index contributed by atoms with van der Waals surface area (Å²) in [6.45, 7) is 8.58. The van der Waals surface area contributed by atoms with Crippen LogP contribution in [0.15, 0.2) is 34.7 Å². The average molecular weight is 244 g/mol. The Hall–Kier alpha value is -1.57. The van der Waals surface area contributed by atoms with E-state index in [1.54, 1.807) is 0 Å². The van der Waals surface area contributed by atoms with Crippen LogP contribution in [0.25, 0.3) is 11.0 Å². The van der Waals surface area contributed by atoms with Crippen LogP contribution in [-0.2, 0) is 0 Å². The third kappa shape index (κ3) is 2.63. The number of furan rings is 1. The van der Waals surface area contributed by atoms with Gasteiger partial charge >= 0.3 is 0 Å². The van der Waals surface area contributed by atoms with E-state index in [1.807, 2.05) is 30.3 Å². The summed E-state index contributed by atoms with van der Waals surface area (Å²) in [7, 11) is 0. The van der Waals surface area contributed by atoms with E-state index in [2.05, 4.69) is 27.7 Å². The first-order valence-electron chi connectivity index (χ1n) is 6.39. The average Bonchev–Trinajstić information content (AvgIpc) is 2.71. The molecule has 1 aromatic carbocycles. The number of hydrogen-bond acceptors (Lipinski definition) is 2. The van der Waals surface area contributed by atoms with Gasteiger partial charge in [0, 0.05) is 11.8 Å². The van der Waals surface area contributed by atoms with Gasteiger partial charge in [0.05, 0.1) is 0 Å².